The number of pyridine rings is 3. The van der Waals surface area contributed by atoms with Crippen LogP contribution in [0.3, 0.4) is 0 Å². The predicted molar refractivity (Wildman–Crippen MR) is 192 cm³/mol. The van der Waals surface area contributed by atoms with Gasteiger partial charge in [-0.15, -0.1) is 0 Å². The van der Waals surface area contributed by atoms with Crippen molar-refractivity contribution in [2.75, 3.05) is 0 Å². The molecule has 5 aromatic heterocycles. The zero-order valence-electron chi connectivity index (χ0n) is 25.9. The Labute approximate surface area is 267 Å². The molecule has 6 nitrogen and oxygen atoms in total. The van der Waals surface area contributed by atoms with Crippen molar-refractivity contribution in [1.29, 1.82) is 0 Å². The van der Waals surface area contributed by atoms with Crippen LogP contribution < -0.4 is 5.56 Å². The molecule has 0 saturated heterocycles. The van der Waals surface area contributed by atoms with Crippen LogP contribution in [0.15, 0.2) is 103 Å². The molecule has 0 aliphatic heterocycles. The number of nitrogens with zero attached hydrogens (tertiary/aromatic N) is 5. The maximum Gasteiger partial charge on any atom is 0.265 e. The SMILES string of the molecule is CC(C)(C)c1cc2nc3c4c5cc(-c6ccncc6)c6ccc7ccc8c(-c9ccncc9)cc(c4c(=O)n3c2cn1)c1c8c7c6c51. The summed E-state index contributed by atoms with van der Waals surface area (Å²) in [5.41, 5.74) is 7.33. The molecule has 0 N–H and O–H groups in total. The van der Waals surface area contributed by atoms with Gasteiger partial charge in [-0.3, -0.25) is 24.1 Å². The van der Waals surface area contributed by atoms with E-state index in [1.807, 2.05) is 37.1 Å². The molecule has 0 atom stereocenters. The van der Waals surface area contributed by atoms with Gasteiger partial charge in [0.25, 0.3) is 5.56 Å². The third-order valence-electron chi connectivity index (χ3n) is 10.4. The van der Waals surface area contributed by atoms with E-state index in [0.29, 0.717) is 11.0 Å². The Kier molecular flexibility index (Phi) is 4.41. The minimum atomic E-state index is -0.143. The first kappa shape index (κ1) is 25.2. The molecule has 11 aromatic rings. The maximum atomic E-state index is 14.9. The Balaban J connectivity index is 1.45. The minimum Gasteiger partial charge on any atom is -0.268 e. The van der Waals surface area contributed by atoms with Crippen molar-refractivity contribution in [2.24, 2.45) is 0 Å². The van der Waals surface area contributed by atoms with Crippen LogP contribution >= 0.6 is 0 Å². The lowest BCUT2D eigenvalue weighted by molar-refractivity contribution is 0.570. The molecule has 6 heteroatoms. The Morgan fingerprint density at radius 3 is 1.72 bits per heavy atom. The highest BCUT2D eigenvalue weighted by molar-refractivity contribution is 6.50. The number of hydrogen-bond donors (Lipinski definition) is 0. The molecule has 47 heavy (non-hydrogen) atoms. The molecule has 0 amide bonds. The van der Waals surface area contributed by atoms with E-state index in [1.165, 1.54) is 37.7 Å². The van der Waals surface area contributed by atoms with E-state index in [2.05, 4.69) is 91.4 Å². The van der Waals surface area contributed by atoms with E-state index in [-0.39, 0.29) is 11.0 Å². The van der Waals surface area contributed by atoms with Crippen molar-refractivity contribution < 1.29 is 0 Å². The second-order valence-electron chi connectivity index (χ2n) is 13.9. The van der Waals surface area contributed by atoms with E-state index < -0.39 is 0 Å². The Morgan fingerprint density at radius 1 is 0.596 bits per heavy atom. The number of benzene rings is 5. The highest BCUT2D eigenvalue weighted by atomic mass is 16.1. The van der Waals surface area contributed by atoms with Gasteiger partial charge in [-0.1, -0.05) is 45.0 Å². The highest BCUT2D eigenvalue weighted by Crippen LogP contribution is 2.54. The van der Waals surface area contributed by atoms with Gasteiger partial charge >= 0.3 is 0 Å². The quantitative estimate of drug-likeness (QED) is 0.184. The summed E-state index contributed by atoms with van der Waals surface area (Å²) < 4.78 is 1.79. The molecule has 0 aliphatic carbocycles. The number of imidazole rings is 1. The lowest BCUT2D eigenvalue weighted by atomic mass is 9.89. The maximum absolute atomic E-state index is 14.9. The summed E-state index contributed by atoms with van der Waals surface area (Å²) in [5, 5.41) is 13.3. The fourth-order valence-electron chi connectivity index (χ4n) is 8.30. The van der Waals surface area contributed by atoms with Crippen LogP contribution in [0.25, 0.3) is 104 Å². The predicted octanol–water partition coefficient (Wildman–Crippen LogP) is 9.33. The van der Waals surface area contributed by atoms with Crippen molar-refractivity contribution in [1.82, 2.24) is 24.3 Å². The fraction of sp³-hybridized carbons (Fsp3) is 0.0976. The molecule has 0 fully saturated rings. The van der Waals surface area contributed by atoms with Gasteiger partial charge in [0.05, 0.1) is 22.6 Å². The lowest BCUT2D eigenvalue weighted by Gasteiger charge is -2.16. The normalized spacial score (nSPS) is 13.1. The molecule has 0 saturated carbocycles. The molecule has 11 rings (SSSR count). The summed E-state index contributed by atoms with van der Waals surface area (Å²) in [4.78, 5) is 33.5. The third-order valence-corrected chi connectivity index (χ3v) is 10.4. The van der Waals surface area contributed by atoms with Gasteiger partial charge < -0.3 is 0 Å². The van der Waals surface area contributed by atoms with Crippen molar-refractivity contribution in [2.45, 2.75) is 26.2 Å². The number of hydrogen-bond acceptors (Lipinski definition) is 5. The topological polar surface area (TPSA) is 73.0 Å². The zero-order chi connectivity index (χ0) is 31.3. The first-order valence-electron chi connectivity index (χ1n) is 15.9. The molecule has 5 heterocycles. The summed E-state index contributed by atoms with van der Waals surface area (Å²) in [6, 6.07) is 23.8. The number of aromatic nitrogens is 5. The standard InChI is InChI=1S/C41H25N5O/c1-41(2,3)31-18-29-30(19-44-31)46-39(45-29)37-27-16-25(20-8-12-42-13-9-20)23-6-4-22-5-7-24-26(21-10-14-43-15-11-21)17-28(38(37)40(46)47)36-34(24)32(22)33(23)35(27)36/h4-19H,1-3H3. The lowest BCUT2D eigenvalue weighted by Crippen LogP contribution is -2.13. The van der Waals surface area contributed by atoms with Crippen molar-refractivity contribution >= 4 is 81.3 Å². The van der Waals surface area contributed by atoms with E-state index in [9.17, 15) is 4.79 Å². The van der Waals surface area contributed by atoms with E-state index in [1.54, 1.807) is 4.40 Å². The van der Waals surface area contributed by atoms with Crippen molar-refractivity contribution in [3.05, 3.63) is 114 Å². The Bertz CT molecular complexity index is 3100. The summed E-state index contributed by atoms with van der Waals surface area (Å²) >= 11 is 0. The van der Waals surface area contributed by atoms with Gasteiger partial charge in [-0.25, -0.2) is 4.98 Å². The zero-order valence-corrected chi connectivity index (χ0v) is 25.9. The van der Waals surface area contributed by atoms with Crippen molar-refractivity contribution in [3.8, 4) is 22.3 Å². The van der Waals surface area contributed by atoms with E-state index in [0.717, 1.165) is 60.5 Å². The minimum absolute atomic E-state index is 0.0570. The number of fused-ring (bicyclic) bond motifs is 7. The second kappa shape index (κ2) is 8.22. The molecule has 0 aliphatic rings. The van der Waals surface area contributed by atoms with Crippen LogP contribution in [0.1, 0.15) is 26.5 Å². The Morgan fingerprint density at radius 2 is 1.15 bits per heavy atom. The molecule has 0 unspecified atom stereocenters. The van der Waals surface area contributed by atoms with Gasteiger partial charge in [-0.2, -0.15) is 0 Å². The van der Waals surface area contributed by atoms with Crippen LogP contribution in [-0.2, 0) is 5.41 Å². The average molecular weight is 604 g/mol. The molecule has 0 spiro atoms. The van der Waals surface area contributed by atoms with Crippen LogP contribution in [0.4, 0.5) is 0 Å². The van der Waals surface area contributed by atoms with E-state index in [4.69, 9.17) is 9.97 Å². The summed E-state index contributed by atoms with van der Waals surface area (Å²) in [7, 11) is 0. The van der Waals surface area contributed by atoms with Crippen LogP contribution in [0.5, 0.6) is 0 Å². The van der Waals surface area contributed by atoms with Gasteiger partial charge in [0.15, 0.2) is 0 Å². The average Bonchev–Trinajstić information content (AvgIpc) is 3.74. The molecule has 220 valence electrons. The van der Waals surface area contributed by atoms with Crippen molar-refractivity contribution in [3.63, 3.8) is 0 Å². The molecule has 0 bridgehead atoms. The fourth-order valence-corrected chi connectivity index (χ4v) is 8.30. The summed E-state index contributed by atoms with van der Waals surface area (Å²) in [6.07, 6.45) is 9.18. The molecular weight excluding hydrogens is 578 g/mol. The van der Waals surface area contributed by atoms with Gasteiger partial charge in [-0.05, 0) is 119 Å². The van der Waals surface area contributed by atoms with Crippen LogP contribution in [0, 0.1) is 0 Å². The van der Waals surface area contributed by atoms with Gasteiger partial charge in [0, 0.05) is 41.3 Å². The largest absolute Gasteiger partial charge is 0.268 e. The van der Waals surface area contributed by atoms with Crippen LogP contribution in [-0.4, -0.2) is 24.3 Å². The van der Waals surface area contributed by atoms with Gasteiger partial charge in [0.2, 0.25) is 0 Å². The highest BCUT2D eigenvalue weighted by Gasteiger charge is 2.30. The van der Waals surface area contributed by atoms with Gasteiger partial charge in [0.1, 0.15) is 5.65 Å². The van der Waals surface area contributed by atoms with E-state index >= 15 is 0 Å². The molecule has 0 radical (unpaired) electrons. The smallest absolute Gasteiger partial charge is 0.265 e. The Hall–Kier alpha value is -6.01. The monoisotopic (exact) mass is 603 g/mol. The summed E-state index contributed by atoms with van der Waals surface area (Å²) in [5.74, 6) is 0. The molecular formula is C41H25N5O. The third kappa shape index (κ3) is 2.99. The second-order valence-corrected chi connectivity index (χ2v) is 13.9. The van der Waals surface area contributed by atoms with Crippen LogP contribution in [0.2, 0.25) is 0 Å². The number of rotatable bonds is 2. The summed E-state index contributed by atoms with van der Waals surface area (Å²) in [6.45, 7) is 6.43. The molecule has 6 aromatic carbocycles. The first-order valence-corrected chi connectivity index (χ1v) is 15.9. The first-order chi connectivity index (χ1) is 22.9.